The summed E-state index contributed by atoms with van der Waals surface area (Å²) in [5, 5.41) is 0. The molecule has 1 aromatic heterocycles. The normalized spacial score (nSPS) is 15.6. The average Bonchev–Trinajstić information content (AvgIpc) is 3.04. The highest BCUT2D eigenvalue weighted by molar-refractivity contribution is 5.96. The number of rotatable bonds is 2. The van der Waals surface area contributed by atoms with Crippen LogP contribution in [0.1, 0.15) is 59.0 Å². The second-order valence-electron chi connectivity index (χ2n) is 8.32. The molecule has 5 heteroatoms. The molecule has 0 unspecified atom stereocenters. The first-order valence-corrected chi connectivity index (χ1v) is 9.60. The van der Waals surface area contributed by atoms with Gasteiger partial charge in [0.2, 0.25) is 0 Å². The van der Waals surface area contributed by atoms with E-state index in [0.29, 0.717) is 31.7 Å². The van der Waals surface area contributed by atoms with Crippen LogP contribution in [0.3, 0.4) is 0 Å². The van der Waals surface area contributed by atoms with Crippen LogP contribution >= 0.6 is 0 Å². The molecule has 5 nitrogen and oxygen atoms in total. The van der Waals surface area contributed by atoms with Gasteiger partial charge in [0, 0.05) is 44.1 Å². The highest BCUT2D eigenvalue weighted by Crippen LogP contribution is 2.25. The van der Waals surface area contributed by atoms with Gasteiger partial charge in [0.15, 0.2) is 0 Å². The highest BCUT2D eigenvalue weighted by Gasteiger charge is 2.25. The zero-order chi connectivity index (χ0) is 19.6. The van der Waals surface area contributed by atoms with E-state index < -0.39 is 0 Å². The maximum Gasteiger partial charge on any atom is 0.255 e. The molecule has 0 atom stereocenters. The summed E-state index contributed by atoms with van der Waals surface area (Å²) in [7, 11) is 0. The van der Waals surface area contributed by atoms with E-state index in [9.17, 15) is 9.59 Å². The van der Waals surface area contributed by atoms with Gasteiger partial charge >= 0.3 is 0 Å². The summed E-state index contributed by atoms with van der Waals surface area (Å²) >= 11 is 0. The fourth-order valence-electron chi connectivity index (χ4n) is 3.50. The van der Waals surface area contributed by atoms with E-state index in [4.69, 9.17) is 0 Å². The number of aromatic nitrogens is 1. The van der Waals surface area contributed by atoms with Gasteiger partial charge in [-0.3, -0.25) is 9.59 Å². The van der Waals surface area contributed by atoms with Crippen molar-refractivity contribution in [2.45, 2.75) is 39.5 Å². The van der Waals surface area contributed by atoms with Crippen molar-refractivity contribution < 1.29 is 9.59 Å². The van der Waals surface area contributed by atoms with E-state index in [1.165, 1.54) is 5.56 Å². The van der Waals surface area contributed by atoms with E-state index in [0.717, 1.165) is 17.5 Å². The zero-order valence-corrected chi connectivity index (χ0v) is 16.7. The summed E-state index contributed by atoms with van der Waals surface area (Å²) in [5.41, 5.74) is 3.73. The summed E-state index contributed by atoms with van der Waals surface area (Å²) in [6.45, 7) is 11.0. The molecule has 2 aromatic rings. The van der Waals surface area contributed by atoms with Crippen molar-refractivity contribution in [1.29, 1.82) is 0 Å². The van der Waals surface area contributed by atoms with Gasteiger partial charge in [-0.15, -0.1) is 0 Å². The zero-order valence-electron chi connectivity index (χ0n) is 16.7. The average molecular weight is 367 g/mol. The first kappa shape index (κ1) is 19.2. The van der Waals surface area contributed by atoms with Crippen LogP contribution < -0.4 is 0 Å². The summed E-state index contributed by atoms with van der Waals surface area (Å²) < 4.78 is 0. The molecule has 1 N–H and O–H groups in total. The Kier molecular flexibility index (Phi) is 5.40. The lowest BCUT2D eigenvalue weighted by Crippen LogP contribution is -2.37. The Labute approximate surface area is 161 Å². The molecular weight excluding hydrogens is 338 g/mol. The fraction of sp³-hybridized carbons (Fsp3) is 0.455. The van der Waals surface area contributed by atoms with Crippen LogP contribution in [0.15, 0.2) is 36.7 Å². The number of hydrogen-bond acceptors (Lipinski definition) is 2. The lowest BCUT2D eigenvalue weighted by atomic mass is 9.85. The smallest absolute Gasteiger partial charge is 0.255 e. The van der Waals surface area contributed by atoms with Crippen LogP contribution in [0.5, 0.6) is 0 Å². The van der Waals surface area contributed by atoms with Crippen molar-refractivity contribution in [3.63, 3.8) is 0 Å². The van der Waals surface area contributed by atoms with E-state index in [1.807, 2.05) is 22.8 Å². The lowest BCUT2D eigenvalue weighted by molar-refractivity contribution is 0.0718. The summed E-state index contributed by atoms with van der Waals surface area (Å²) in [6, 6.07) is 7.91. The fourth-order valence-corrected chi connectivity index (χ4v) is 3.50. The Balaban J connectivity index is 1.70. The molecule has 1 aliphatic rings. The van der Waals surface area contributed by atoms with Crippen molar-refractivity contribution in [3.05, 3.63) is 58.9 Å². The third kappa shape index (κ3) is 4.24. The number of amides is 2. The Morgan fingerprint density at radius 1 is 0.963 bits per heavy atom. The van der Waals surface area contributed by atoms with Gasteiger partial charge in [0.25, 0.3) is 11.8 Å². The number of carbonyl (C=O) groups excluding carboxylic acids is 2. The predicted octanol–water partition coefficient (Wildman–Crippen LogP) is 3.61. The lowest BCUT2D eigenvalue weighted by Gasteiger charge is -2.24. The second-order valence-corrected chi connectivity index (χ2v) is 8.32. The summed E-state index contributed by atoms with van der Waals surface area (Å²) in [6.07, 6.45) is 4.27. The monoisotopic (exact) mass is 367 g/mol. The van der Waals surface area contributed by atoms with Crippen LogP contribution in [0, 0.1) is 6.92 Å². The van der Waals surface area contributed by atoms with E-state index in [1.54, 1.807) is 18.5 Å². The number of hydrogen-bond donors (Lipinski definition) is 1. The molecule has 1 aliphatic heterocycles. The number of aryl methyl sites for hydroxylation is 1. The topological polar surface area (TPSA) is 56.4 Å². The van der Waals surface area contributed by atoms with Crippen LogP contribution in [-0.2, 0) is 5.41 Å². The number of benzene rings is 1. The van der Waals surface area contributed by atoms with E-state index >= 15 is 0 Å². The van der Waals surface area contributed by atoms with Crippen LogP contribution in [-0.4, -0.2) is 52.8 Å². The molecular formula is C22H29N3O2. The summed E-state index contributed by atoms with van der Waals surface area (Å²) in [4.78, 5) is 32.2. The van der Waals surface area contributed by atoms with Crippen molar-refractivity contribution in [2.24, 2.45) is 0 Å². The molecule has 0 spiro atoms. The maximum atomic E-state index is 13.1. The van der Waals surface area contributed by atoms with Crippen LogP contribution in [0.2, 0.25) is 0 Å². The minimum absolute atomic E-state index is 0.0243. The Morgan fingerprint density at radius 2 is 1.63 bits per heavy atom. The van der Waals surface area contributed by atoms with Crippen molar-refractivity contribution >= 4 is 11.8 Å². The minimum Gasteiger partial charge on any atom is -0.367 e. The second kappa shape index (κ2) is 7.59. The van der Waals surface area contributed by atoms with Gasteiger partial charge in [-0.05, 0) is 42.0 Å². The quantitative estimate of drug-likeness (QED) is 0.881. The predicted molar refractivity (Wildman–Crippen MR) is 107 cm³/mol. The molecule has 2 heterocycles. The van der Waals surface area contributed by atoms with Crippen LogP contribution in [0.4, 0.5) is 0 Å². The van der Waals surface area contributed by atoms with Crippen molar-refractivity contribution in [2.75, 3.05) is 26.2 Å². The van der Waals surface area contributed by atoms with Gasteiger partial charge in [-0.25, -0.2) is 0 Å². The molecule has 0 radical (unpaired) electrons. The highest BCUT2D eigenvalue weighted by atomic mass is 16.2. The Bertz CT molecular complexity index is 819. The van der Waals surface area contributed by atoms with E-state index in [-0.39, 0.29) is 17.2 Å². The molecule has 2 amide bonds. The summed E-state index contributed by atoms with van der Waals surface area (Å²) in [5.74, 6) is 0.0835. The Hall–Kier alpha value is -2.56. The van der Waals surface area contributed by atoms with Crippen molar-refractivity contribution in [1.82, 2.24) is 14.8 Å². The van der Waals surface area contributed by atoms with Gasteiger partial charge < -0.3 is 14.8 Å². The molecule has 0 aliphatic carbocycles. The number of carbonyl (C=O) groups is 2. The van der Waals surface area contributed by atoms with E-state index in [2.05, 4.69) is 37.9 Å². The first-order chi connectivity index (χ1) is 12.8. The third-order valence-corrected chi connectivity index (χ3v) is 5.24. The molecule has 1 fully saturated rings. The molecule has 0 bridgehead atoms. The molecule has 144 valence electrons. The van der Waals surface area contributed by atoms with Gasteiger partial charge in [0.05, 0.1) is 5.56 Å². The standard InChI is InChI=1S/C22H29N3O2/c1-16-14-18(22(2,3)4)6-7-19(16)21(27)25-11-5-10-24(12-13-25)20(26)17-8-9-23-15-17/h6-9,14-15,23H,5,10-13H2,1-4H3. The van der Waals surface area contributed by atoms with Crippen molar-refractivity contribution in [3.8, 4) is 0 Å². The number of H-pyrrole nitrogens is 1. The molecule has 1 aromatic carbocycles. The molecule has 27 heavy (non-hydrogen) atoms. The number of nitrogens with zero attached hydrogens (tertiary/aromatic N) is 2. The molecule has 0 saturated carbocycles. The largest absolute Gasteiger partial charge is 0.367 e. The Morgan fingerprint density at radius 3 is 2.19 bits per heavy atom. The van der Waals surface area contributed by atoms with Gasteiger partial charge in [-0.2, -0.15) is 0 Å². The molecule has 3 rings (SSSR count). The number of nitrogens with one attached hydrogen (secondary N) is 1. The van der Waals surface area contributed by atoms with Crippen LogP contribution in [0.25, 0.3) is 0 Å². The SMILES string of the molecule is Cc1cc(C(C)(C)C)ccc1C(=O)N1CCCN(C(=O)c2cc[nH]c2)CC1. The maximum absolute atomic E-state index is 13.1. The first-order valence-electron chi connectivity index (χ1n) is 9.60. The molecule has 1 saturated heterocycles. The minimum atomic E-state index is 0.0243. The van der Waals surface area contributed by atoms with Gasteiger partial charge in [-0.1, -0.05) is 32.9 Å². The number of aromatic amines is 1. The van der Waals surface area contributed by atoms with Gasteiger partial charge in [0.1, 0.15) is 0 Å². The third-order valence-electron chi connectivity index (χ3n) is 5.24.